The molecule has 0 radical (unpaired) electrons. The van der Waals surface area contributed by atoms with Crippen LogP contribution in [-0.4, -0.2) is 26.6 Å². The monoisotopic (exact) mass is 231 g/mol. The minimum atomic E-state index is -3.06. The third kappa shape index (κ3) is 2.82. The van der Waals surface area contributed by atoms with Gasteiger partial charge in [-0.3, -0.25) is 4.79 Å². The van der Waals surface area contributed by atoms with Crippen molar-refractivity contribution < 1.29 is 23.0 Å². The van der Waals surface area contributed by atoms with Crippen LogP contribution in [0.25, 0.3) is 0 Å². The van der Waals surface area contributed by atoms with Crippen LogP contribution >= 0.6 is 0 Å². The third-order valence-electron chi connectivity index (χ3n) is 1.86. The van der Waals surface area contributed by atoms with Gasteiger partial charge in [0.2, 0.25) is 0 Å². The van der Waals surface area contributed by atoms with Crippen LogP contribution in [0.4, 0.5) is 14.5 Å². The molecule has 0 atom stereocenters. The van der Waals surface area contributed by atoms with Gasteiger partial charge in [-0.05, 0) is 12.1 Å². The maximum Gasteiger partial charge on any atom is 0.315 e. The molecule has 0 fully saturated rings. The topological polar surface area (TPSA) is 47.6 Å². The number of anilines is 1. The van der Waals surface area contributed by atoms with E-state index >= 15 is 0 Å². The van der Waals surface area contributed by atoms with E-state index in [9.17, 15) is 13.6 Å². The summed E-state index contributed by atoms with van der Waals surface area (Å²) in [6, 6.07) is 4.45. The molecule has 0 bridgehead atoms. The maximum atomic E-state index is 12.0. The smallest absolute Gasteiger partial charge is 0.315 e. The van der Waals surface area contributed by atoms with Gasteiger partial charge in [-0.25, -0.2) is 0 Å². The zero-order valence-corrected chi connectivity index (χ0v) is 8.79. The molecule has 6 heteroatoms. The molecule has 0 unspecified atom stereocenters. The molecule has 88 valence electrons. The van der Waals surface area contributed by atoms with Crippen molar-refractivity contribution in [2.75, 3.05) is 19.5 Å². The molecule has 0 aliphatic carbocycles. The van der Waals surface area contributed by atoms with Gasteiger partial charge in [-0.2, -0.15) is 8.78 Å². The Balaban J connectivity index is 2.91. The lowest BCUT2D eigenvalue weighted by atomic mass is 10.2. The summed E-state index contributed by atoms with van der Waals surface area (Å²) in [5, 5.41) is 2.04. The number of carbonyl (C=O) groups is 1. The lowest BCUT2D eigenvalue weighted by Crippen LogP contribution is -2.20. The number of halogens is 2. The molecule has 0 saturated carbocycles. The molecule has 1 aromatic carbocycles. The Labute approximate surface area is 91.2 Å². The highest BCUT2D eigenvalue weighted by Gasteiger charge is 2.17. The zero-order valence-electron chi connectivity index (χ0n) is 8.79. The minimum Gasteiger partial charge on any atom is -0.497 e. The van der Waals surface area contributed by atoms with Crippen LogP contribution in [0, 0.1) is 0 Å². The molecule has 0 heterocycles. The highest BCUT2D eigenvalue weighted by molar-refractivity contribution is 5.94. The fourth-order valence-electron chi connectivity index (χ4n) is 1.09. The Bertz CT molecular complexity index is 382. The van der Waals surface area contributed by atoms with Gasteiger partial charge in [0, 0.05) is 6.07 Å². The van der Waals surface area contributed by atoms with Crippen LogP contribution in [0.2, 0.25) is 0 Å². The Morgan fingerprint density at radius 3 is 2.50 bits per heavy atom. The molecule has 4 nitrogen and oxygen atoms in total. The summed E-state index contributed by atoms with van der Waals surface area (Å²) in [6.45, 7) is 0. The predicted octanol–water partition coefficient (Wildman–Crippen LogP) is 1.91. The number of amides is 1. The Kier molecular flexibility index (Phi) is 4.04. The number of methoxy groups -OCH3 is 2. The summed E-state index contributed by atoms with van der Waals surface area (Å²) in [6.07, 6.45) is -3.06. The van der Waals surface area contributed by atoms with E-state index in [0.29, 0.717) is 5.75 Å². The van der Waals surface area contributed by atoms with Crippen LogP contribution in [0.3, 0.4) is 0 Å². The fraction of sp³-hybridized carbons (Fsp3) is 0.300. The second kappa shape index (κ2) is 5.29. The van der Waals surface area contributed by atoms with Crippen molar-refractivity contribution >= 4 is 11.6 Å². The van der Waals surface area contributed by atoms with Crippen LogP contribution < -0.4 is 14.8 Å². The summed E-state index contributed by atoms with van der Waals surface area (Å²) in [5.74, 6) is -0.608. The second-order valence-electron chi connectivity index (χ2n) is 2.86. The molecule has 0 spiro atoms. The number of ether oxygens (including phenoxy) is 2. The fourth-order valence-corrected chi connectivity index (χ4v) is 1.09. The normalized spacial score (nSPS) is 10.1. The SMILES string of the molecule is COc1ccc(NC(=O)C(F)F)c(OC)c1. The minimum absolute atomic E-state index is 0.175. The van der Waals surface area contributed by atoms with Crippen LogP contribution in [0.5, 0.6) is 11.5 Å². The molecule has 1 N–H and O–H groups in total. The Morgan fingerprint density at radius 1 is 1.31 bits per heavy atom. The van der Waals surface area contributed by atoms with Crippen LogP contribution in [0.15, 0.2) is 18.2 Å². The van der Waals surface area contributed by atoms with E-state index in [1.165, 1.54) is 32.4 Å². The summed E-state index contributed by atoms with van der Waals surface area (Å²) < 4.78 is 33.9. The Hall–Kier alpha value is -1.85. The van der Waals surface area contributed by atoms with E-state index in [1.807, 2.05) is 5.32 Å². The largest absolute Gasteiger partial charge is 0.497 e. The number of hydrogen-bond acceptors (Lipinski definition) is 3. The predicted molar refractivity (Wildman–Crippen MR) is 54.2 cm³/mol. The second-order valence-corrected chi connectivity index (χ2v) is 2.86. The number of nitrogens with one attached hydrogen (secondary N) is 1. The number of benzene rings is 1. The molecule has 1 rings (SSSR count). The zero-order chi connectivity index (χ0) is 12.1. The van der Waals surface area contributed by atoms with Gasteiger partial charge < -0.3 is 14.8 Å². The first-order chi connectivity index (χ1) is 7.58. The third-order valence-corrected chi connectivity index (χ3v) is 1.86. The van der Waals surface area contributed by atoms with E-state index in [2.05, 4.69) is 0 Å². The number of alkyl halides is 2. The first-order valence-electron chi connectivity index (χ1n) is 4.39. The molecule has 0 aliphatic heterocycles. The molecular formula is C10H11F2NO3. The molecule has 0 saturated heterocycles. The summed E-state index contributed by atoms with van der Waals surface area (Å²) in [4.78, 5) is 10.8. The molecule has 0 aromatic heterocycles. The average Bonchev–Trinajstić information content (AvgIpc) is 2.29. The van der Waals surface area contributed by atoms with E-state index in [-0.39, 0.29) is 11.4 Å². The van der Waals surface area contributed by atoms with E-state index in [0.717, 1.165) is 0 Å². The highest BCUT2D eigenvalue weighted by Crippen LogP contribution is 2.29. The van der Waals surface area contributed by atoms with Gasteiger partial charge >= 0.3 is 6.43 Å². The van der Waals surface area contributed by atoms with Gasteiger partial charge in [0.25, 0.3) is 5.91 Å². The van der Waals surface area contributed by atoms with Gasteiger partial charge in [-0.1, -0.05) is 0 Å². The van der Waals surface area contributed by atoms with Crippen molar-refractivity contribution in [2.24, 2.45) is 0 Å². The number of carbonyl (C=O) groups excluding carboxylic acids is 1. The molecule has 1 amide bonds. The van der Waals surface area contributed by atoms with Gasteiger partial charge in [0.1, 0.15) is 11.5 Å². The molecule has 0 aliphatic rings. The average molecular weight is 231 g/mol. The maximum absolute atomic E-state index is 12.0. The first kappa shape index (κ1) is 12.2. The lowest BCUT2D eigenvalue weighted by Gasteiger charge is -2.11. The van der Waals surface area contributed by atoms with Gasteiger partial charge in [0.05, 0.1) is 19.9 Å². The van der Waals surface area contributed by atoms with E-state index < -0.39 is 12.3 Å². The van der Waals surface area contributed by atoms with Gasteiger partial charge in [0.15, 0.2) is 0 Å². The van der Waals surface area contributed by atoms with Crippen molar-refractivity contribution in [1.29, 1.82) is 0 Å². The van der Waals surface area contributed by atoms with Crippen molar-refractivity contribution in [3.8, 4) is 11.5 Å². The van der Waals surface area contributed by atoms with Crippen molar-refractivity contribution in [2.45, 2.75) is 6.43 Å². The molecule has 16 heavy (non-hydrogen) atoms. The number of hydrogen-bond donors (Lipinski definition) is 1. The summed E-state index contributed by atoms with van der Waals surface area (Å²) in [7, 11) is 2.83. The number of rotatable bonds is 4. The van der Waals surface area contributed by atoms with Crippen molar-refractivity contribution in [3.63, 3.8) is 0 Å². The summed E-state index contributed by atoms with van der Waals surface area (Å²) in [5.41, 5.74) is 0.175. The summed E-state index contributed by atoms with van der Waals surface area (Å²) >= 11 is 0. The van der Waals surface area contributed by atoms with Crippen molar-refractivity contribution in [1.82, 2.24) is 0 Å². The molecule has 1 aromatic rings. The van der Waals surface area contributed by atoms with E-state index in [4.69, 9.17) is 9.47 Å². The van der Waals surface area contributed by atoms with E-state index in [1.54, 1.807) is 0 Å². The van der Waals surface area contributed by atoms with Crippen LogP contribution in [0.1, 0.15) is 0 Å². The quantitative estimate of drug-likeness (QED) is 0.861. The Morgan fingerprint density at radius 2 is 2.00 bits per heavy atom. The van der Waals surface area contributed by atoms with Crippen molar-refractivity contribution in [3.05, 3.63) is 18.2 Å². The van der Waals surface area contributed by atoms with Crippen LogP contribution in [-0.2, 0) is 4.79 Å². The van der Waals surface area contributed by atoms with Gasteiger partial charge in [-0.15, -0.1) is 0 Å². The standard InChI is InChI=1S/C10H11F2NO3/c1-15-6-3-4-7(8(5-6)16-2)13-10(14)9(11)12/h3-5,9H,1-2H3,(H,13,14). The highest BCUT2D eigenvalue weighted by atomic mass is 19.3. The first-order valence-corrected chi connectivity index (χ1v) is 4.39. The lowest BCUT2D eigenvalue weighted by molar-refractivity contribution is -0.126. The molecular weight excluding hydrogens is 220 g/mol.